The summed E-state index contributed by atoms with van der Waals surface area (Å²) < 4.78 is 40.0. The van der Waals surface area contributed by atoms with Gasteiger partial charge in [0.1, 0.15) is 0 Å². The number of carbonyl (C=O) groups is 6. The van der Waals surface area contributed by atoms with Crippen molar-refractivity contribution in [2.45, 2.75) is 98.9 Å². The number of carboxylic acids is 1. The zero-order chi connectivity index (χ0) is 36.6. The molecule has 0 saturated heterocycles. The van der Waals surface area contributed by atoms with Gasteiger partial charge in [0.25, 0.3) is 35.8 Å². The van der Waals surface area contributed by atoms with Gasteiger partial charge in [-0.2, -0.15) is 51.4 Å². The molecule has 16 nitrogen and oxygen atoms in total. The van der Waals surface area contributed by atoms with Gasteiger partial charge < -0.3 is 45.6 Å². The number of carbonyl (C=O) groups excluding carboxylic acids is 5. The summed E-state index contributed by atoms with van der Waals surface area (Å²) in [4.78, 5) is 63.6. The summed E-state index contributed by atoms with van der Waals surface area (Å²) in [6.07, 6.45) is -0.542. The van der Waals surface area contributed by atoms with Crippen LogP contribution in [0.15, 0.2) is 0 Å². The summed E-state index contributed by atoms with van der Waals surface area (Å²) in [7, 11) is -7.90. The van der Waals surface area contributed by atoms with Gasteiger partial charge in [-0.15, -0.1) is 0 Å². The first-order valence-electron chi connectivity index (χ1n) is 13.2. The molecule has 47 heavy (non-hydrogen) atoms. The molecule has 0 aliphatic heterocycles. The van der Waals surface area contributed by atoms with E-state index >= 15 is 0 Å². The molecule has 0 bridgehead atoms. The van der Waals surface area contributed by atoms with Crippen LogP contribution in [0.25, 0.3) is 0 Å². The Morgan fingerprint density at radius 2 is 0.936 bits per heavy atom. The molecule has 0 fully saturated rings. The van der Waals surface area contributed by atoms with Crippen LogP contribution >= 0.6 is 51.4 Å². The van der Waals surface area contributed by atoms with Crippen LogP contribution < -0.4 is 0 Å². The Morgan fingerprint density at radius 1 is 0.660 bits per heavy atom. The van der Waals surface area contributed by atoms with Crippen LogP contribution in [-0.4, -0.2) is 106 Å². The molecule has 0 aromatic heterocycles. The molecule has 0 saturated carbocycles. The van der Waals surface area contributed by atoms with Crippen LogP contribution in [0.2, 0.25) is 0 Å². The molecular weight excluding hydrogens is 967 g/mol. The minimum absolute atomic E-state index is 0. The van der Waals surface area contributed by atoms with Crippen molar-refractivity contribution in [1.29, 1.82) is 0 Å². The van der Waals surface area contributed by atoms with Gasteiger partial charge in [-0.3, -0.25) is 28.8 Å². The van der Waals surface area contributed by atoms with E-state index < -0.39 is 53.9 Å². The second-order valence-corrected chi connectivity index (χ2v) is 14.4. The average Bonchev–Trinajstić information content (AvgIpc) is 2.80. The molecule has 0 spiro atoms. The van der Waals surface area contributed by atoms with Crippen molar-refractivity contribution in [3.63, 3.8) is 0 Å². The van der Waals surface area contributed by atoms with Gasteiger partial charge in [-0.05, 0) is 20.8 Å². The van der Waals surface area contributed by atoms with Gasteiger partial charge in [-0.1, -0.05) is 13.8 Å². The van der Waals surface area contributed by atoms with Gasteiger partial charge >= 0.3 is 18.1 Å². The summed E-state index contributed by atoms with van der Waals surface area (Å²) >= 11 is 12.3. The first-order chi connectivity index (χ1) is 20.4. The molecule has 0 aliphatic carbocycles. The summed E-state index contributed by atoms with van der Waals surface area (Å²) in [5.41, 5.74) is 0. The van der Waals surface area contributed by atoms with E-state index in [-0.39, 0.29) is 73.9 Å². The molecule has 5 unspecified atom stereocenters. The molecule has 0 radical (unpaired) electrons. The van der Waals surface area contributed by atoms with Gasteiger partial charge in [0.15, 0.2) is 0 Å². The SMILES string of the molecule is CC(=O)O.CC(=O)O[Si](OC(C)=O)(OC(C)=O)OC(C)=O.CC(O)C(C)S.CCO[Si](OCCS)(OC(C)=O)OC(C)C(C)S.S.[U]. The van der Waals surface area contributed by atoms with E-state index in [0.717, 1.165) is 34.6 Å². The molecule has 278 valence electrons. The first-order valence-corrected chi connectivity index (χ1v) is 18.1. The largest absolute Gasteiger partial charge is 0.974 e. The quantitative estimate of drug-likeness (QED) is 0.125. The summed E-state index contributed by atoms with van der Waals surface area (Å²) in [6, 6.07) is 0. The Labute approximate surface area is 326 Å². The smallest absolute Gasteiger partial charge is 0.481 e. The molecule has 0 rings (SSSR count). The van der Waals surface area contributed by atoms with Crippen LogP contribution in [0.4, 0.5) is 0 Å². The van der Waals surface area contributed by atoms with E-state index in [9.17, 15) is 24.0 Å². The zero-order valence-corrected chi connectivity index (χ0v) is 38.2. The second-order valence-electron chi connectivity index (χ2n) is 8.54. The zero-order valence-electron chi connectivity index (χ0n) is 28.4. The van der Waals surface area contributed by atoms with Gasteiger partial charge in [0.2, 0.25) is 0 Å². The Bertz CT molecular complexity index is 839. The third kappa shape index (κ3) is 39.9. The van der Waals surface area contributed by atoms with Crippen molar-refractivity contribution in [1.82, 2.24) is 0 Å². The number of aliphatic hydroxyl groups is 1. The maximum absolute atomic E-state index is 11.2. The van der Waals surface area contributed by atoms with Crippen molar-refractivity contribution in [3.8, 4) is 0 Å². The minimum atomic E-state index is -4.45. The Morgan fingerprint density at radius 3 is 1.13 bits per heavy atom. The number of rotatable bonds is 14. The molecule has 0 amide bonds. The molecule has 0 heterocycles. The molecule has 0 aromatic carbocycles. The predicted octanol–water partition coefficient (Wildman–Crippen LogP) is 2.26. The maximum atomic E-state index is 11.2. The van der Waals surface area contributed by atoms with Crippen LogP contribution in [-0.2, 0) is 64.2 Å². The first kappa shape index (κ1) is 58.7. The van der Waals surface area contributed by atoms with E-state index in [2.05, 4.69) is 55.6 Å². The van der Waals surface area contributed by atoms with E-state index in [4.69, 9.17) is 32.7 Å². The van der Waals surface area contributed by atoms with Crippen molar-refractivity contribution in [3.05, 3.63) is 0 Å². The topological polar surface area (TPSA) is 217 Å². The van der Waals surface area contributed by atoms with Crippen molar-refractivity contribution >= 4 is 105 Å². The number of thiol groups is 3. The van der Waals surface area contributed by atoms with E-state index in [1.54, 1.807) is 13.8 Å². The Balaban J connectivity index is -0.000000134. The fraction of sp³-hybridized carbons (Fsp3) is 0.750. The Kier molecular flexibility index (Phi) is 40.9. The standard InChI is InChI=1S/C10H22O5S2Si.C8H12O8Si.C4H10OS.C2H4O2.H2S.U/c1-5-12-18(13-6-7-16,15-10(4)11)14-8(2)9(3)17;1-5(9)13-17(14-6(2)10,15-7(3)11)16-8(4)12;1-3(5)4(2)6;1-2(3)4;;/h8-9,16-17H,5-7H2,1-4H3;1-4H3;3-6H,1-2H3;1H3,(H,3,4);1H2;. The minimum Gasteiger partial charge on any atom is -0.481 e. The van der Waals surface area contributed by atoms with Crippen molar-refractivity contribution in [2.24, 2.45) is 0 Å². The van der Waals surface area contributed by atoms with E-state index in [1.165, 1.54) is 6.92 Å². The number of hydrogen-bond donors (Lipinski definition) is 5. The summed E-state index contributed by atoms with van der Waals surface area (Å²) in [5, 5.41) is 16.0. The third-order valence-electron chi connectivity index (χ3n) is 3.74. The monoisotopic (exact) mass is 1020 g/mol. The van der Waals surface area contributed by atoms with Crippen LogP contribution in [0.1, 0.15) is 76.2 Å². The van der Waals surface area contributed by atoms with Crippen LogP contribution in [0.5, 0.6) is 0 Å². The number of aliphatic carboxylic acids is 1. The third-order valence-corrected chi connectivity index (χ3v) is 9.32. The maximum Gasteiger partial charge on any atom is 0.974 e. The normalized spacial score (nSPS) is 13.6. The summed E-state index contributed by atoms with van der Waals surface area (Å²) in [5.74, 6) is -4.51. The fourth-order valence-corrected chi connectivity index (χ4v) is 6.07. The number of hydrogen-bond acceptors (Lipinski definition) is 18. The van der Waals surface area contributed by atoms with Crippen molar-refractivity contribution in [2.75, 3.05) is 19.0 Å². The van der Waals surface area contributed by atoms with Gasteiger partial charge in [0, 0.05) is 95.5 Å². The number of carboxylic acid groups (broad SMARTS) is 1. The van der Waals surface area contributed by atoms with Crippen LogP contribution in [0, 0.1) is 31.1 Å². The van der Waals surface area contributed by atoms with E-state index in [0.29, 0.717) is 12.4 Å². The van der Waals surface area contributed by atoms with Crippen LogP contribution in [0.3, 0.4) is 0 Å². The van der Waals surface area contributed by atoms with E-state index in [1.807, 2.05) is 20.8 Å². The molecule has 23 heteroatoms. The molecular formula is C24H50O16S4Si2U. The van der Waals surface area contributed by atoms with Gasteiger partial charge in [-0.25, -0.2) is 0 Å². The molecule has 0 aliphatic rings. The average molecular weight is 1020 g/mol. The van der Waals surface area contributed by atoms with Gasteiger partial charge in [0.05, 0.1) is 18.8 Å². The molecule has 0 aromatic rings. The summed E-state index contributed by atoms with van der Waals surface area (Å²) in [6.45, 7) is 16.0. The predicted molar refractivity (Wildman–Crippen MR) is 185 cm³/mol. The molecule has 2 N–H and O–H groups in total. The Hall–Kier alpha value is -0.454. The van der Waals surface area contributed by atoms with Crippen molar-refractivity contribution < 1.29 is 106 Å². The number of aliphatic hydroxyl groups excluding tert-OH is 1. The second kappa shape index (κ2) is 32.7. The fourth-order valence-electron chi connectivity index (χ4n) is 1.87. The molecule has 5 atom stereocenters.